The first kappa shape index (κ1) is 12.8. The van der Waals surface area contributed by atoms with E-state index in [1.165, 1.54) is 12.8 Å². The van der Waals surface area contributed by atoms with Crippen LogP contribution in [0.3, 0.4) is 0 Å². The average molecular weight is 249 g/mol. The van der Waals surface area contributed by atoms with Crippen molar-refractivity contribution in [2.45, 2.75) is 45.6 Å². The second-order valence-electron chi connectivity index (χ2n) is 5.18. The molecule has 18 heavy (non-hydrogen) atoms. The maximum absolute atomic E-state index is 11.1. The molecule has 0 aliphatic heterocycles. The Morgan fingerprint density at radius 2 is 2.06 bits per heavy atom. The van der Waals surface area contributed by atoms with Crippen molar-refractivity contribution >= 4 is 11.5 Å². The number of aryl methyl sites for hydroxylation is 1. The van der Waals surface area contributed by atoms with Crippen molar-refractivity contribution in [3.8, 4) is 0 Å². The van der Waals surface area contributed by atoms with Crippen LogP contribution in [0.2, 0.25) is 0 Å². The molecule has 0 bridgehead atoms. The number of nitrogens with zero attached hydrogens (tertiary/aromatic N) is 2. The lowest BCUT2D eigenvalue weighted by Gasteiger charge is -2.27. The van der Waals surface area contributed by atoms with E-state index in [1.807, 2.05) is 0 Å². The minimum absolute atomic E-state index is 0.108. The average Bonchev–Trinajstić information content (AvgIpc) is 2.32. The Morgan fingerprint density at radius 3 is 2.67 bits per heavy atom. The molecule has 0 amide bonds. The van der Waals surface area contributed by atoms with Crippen molar-refractivity contribution in [1.82, 2.24) is 4.98 Å². The third-order valence-electron chi connectivity index (χ3n) is 3.67. The van der Waals surface area contributed by atoms with E-state index in [0.717, 1.165) is 18.8 Å². The van der Waals surface area contributed by atoms with Crippen LogP contribution in [0.1, 0.15) is 38.2 Å². The van der Waals surface area contributed by atoms with Gasteiger partial charge < -0.3 is 5.32 Å². The lowest BCUT2D eigenvalue weighted by atomic mass is 9.87. The van der Waals surface area contributed by atoms with E-state index in [4.69, 9.17) is 0 Å². The summed E-state index contributed by atoms with van der Waals surface area (Å²) in [4.78, 5) is 14.8. The third-order valence-corrected chi connectivity index (χ3v) is 3.67. The zero-order chi connectivity index (χ0) is 13.1. The van der Waals surface area contributed by atoms with Gasteiger partial charge >= 0.3 is 5.69 Å². The van der Waals surface area contributed by atoms with Crippen LogP contribution in [-0.2, 0) is 0 Å². The van der Waals surface area contributed by atoms with Crippen LogP contribution >= 0.6 is 0 Å². The van der Waals surface area contributed by atoms with E-state index in [0.29, 0.717) is 17.4 Å². The first-order valence-electron chi connectivity index (χ1n) is 6.44. The molecule has 1 fully saturated rings. The first-order valence-corrected chi connectivity index (χ1v) is 6.44. The molecule has 0 unspecified atom stereocenters. The van der Waals surface area contributed by atoms with Gasteiger partial charge in [-0.3, -0.25) is 10.1 Å². The quantitative estimate of drug-likeness (QED) is 0.659. The Morgan fingerprint density at radius 1 is 1.39 bits per heavy atom. The summed E-state index contributed by atoms with van der Waals surface area (Å²) in [5, 5.41) is 14.3. The topological polar surface area (TPSA) is 68.1 Å². The lowest BCUT2D eigenvalue weighted by Crippen LogP contribution is -2.26. The second kappa shape index (κ2) is 5.33. The Hall–Kier alpha value is -1.65. The van der Waals surface area contributed by atoms with Gasteiger partial charge in [-0.05, 0) is 44.6 Å². The van der Waals surface area contributed by atoms with Crippen molar-refractivity contribution in [1.29, 1.82) is 0 Å². The largest absolute Gasteiger partial charge is 0.362 e. The zero-order valence-electron chi connectivity index (χ0n) is 10.8. The highest BCUT2D eigenvalue weighted by Crippen LogP contribution is 2.30. The number of nitro groups is 1. The van der Waals surface area contributed by atoms with Crippen LogP contribution < -0.4 is 5.32 Å². The highest BCUT2D eigenvalue weighted by molar-refractivity contribution is 5.60. The van der Waals surface area contributed by atoms with Gasteiger partial charge in [0.25, 0.3) is 0 Å². The van der Waals surface area contributed by atoms with E-state index in [-0.39, 0.29) is 10.6 Å². The lowest BCUT2D eigenvalue weighted by molar-refractivity contribution is -0.384. The Labute approximate surface area is 107 Å². The Balaban J connectivity index is 2.14. The highest BCUT2D eigenvalue weighted by Gasteiger charge is 2.23. The minimum atomic E-state index is -0.351. The molecule has 2 rings (SSSR count). The molecule has 1 saturated carbocycles. The molecule has 1 aliphatic carbocycles. The SMILES string of the molecule is Cc1ccnc(NC2CCC(C)CC2)c1[N+](=O)[O-]. The van der Waals surface area contributed by atoms with Crippen LogP contribution in [-0.4, -0.2) is 15.9 Å². The summed E-state index contributed by atoms with van der Waals surface area (Å²) in [6.07, 6.45) is 6.10. The molecule has 0 spiro atoms. The van der Waals surface area contributed by atoms with Gasteiger partial charge in [0.2, 0.25) is 5.82 Å². The van der Waals surface area contributed by atoms with Gasteiger partial charge in [0.15, 0.2) is 0 Å². The predicted molar refractivity (Wildman–Crippen MR) is 70.7 cm³/mol. The van der Waals surface area contributed by atoms with Crippen LogP contribution in [0.15, 0.2) is 12.3 Å². The van der Waals surface area contributed by atoms with E-state index < -0.39 is 0 Å². The van der Waals surface area contributed by atoms with Crippen LogP contribution in [0, 0.1) is 23.0 Å². The van der Waals surface area contributed by atoms with Crippen molar-refractivity contribution in [3.05, 3.63) is 27.9 Å². The van der Waals surface area contributed by atoms with E-state index in [1.54, 1.807) is 19.2 Å². The molecule has 0 atom stereocenters. The fourth-order valence-corrected chi connectivity index (χ4v) is 2.48. The summed E-state index contributed by atoms with van der Waals surface area (Å²) >= 11 is 0. The van der Waals surface area contributed by atoms with Gasteiger partial charge in [0.1, 0.15) is 0 Å². The standard InChI is InChI=1S/C13H19N3O2/c1-9-3-5-11(6-4-9)15-13-12(16(17)18)10(2)7-8-14-13/h7-9,11H,3-6H2,1-2H3,(H,14,15). The minimum Gasteiger partial charge on any atom is -0.362 e. The molecular formula is C13H19N3O2. The van der Waals surface area contributed by atoms with Gasteiger partial charge in [0.05, 0.1) is 4.92 Å². The number of hydrogen-bond donors (Lipinski definition) is 1. The molecule has 1 N–H and O–H groups in total. The molecule has 5 nitrogen and oxygen atoms in total. The fourth-order valence-electron chi connectivity index (χ4n) is 2.48. The fraction of sp³-hybridized carbons (Fsp3) is 0.615. The van der Waals surface area contributed by atoms with Crippen molar-refractivity contribution in [2.24, 2.45) is 5.92 Å². The molecule has 1 aromatic rings. The van der Waals surface area contributed by atoms with Gasteiger partial charge in [-0.1, -0.05) is 6.92 Å². The maximum atomic E-state index is 11.1. The maximum Gasteiger partial charge on any atom is 0.314 e. The van der Waals surface area contributed by atoms with Gasteiger partial charge in [-0.2, -0.15) is 0 Å². The molecule has 0 aromatic carbocycles. The Bertz CT molecular complexity index is 440. The molecule has 1 aliphatic rings. The number of rotatable bonds is 3. The van der Waals surface area contributed by atoms with Crippen molar-refractivity contribution < 1.29 is 4.92 Å². The van der Waals surface area contributed by atoms with Gasteiger partial charge in [-0.15, -0.1) is 0 Å². The summed E-state index contributed by atoms with van der Waals surface area (Å²) in [5.74, 6) is 1.18. The number of nitrogens with one attached hydrogen (secondary N) is 1. The smallest absolute Gasteiger partial charge is 0.314 e. The van der Waals surface area contributed by atoms with Crippen molar-refractivity contribution in [2.75, 3.05) is 5.32 Å². The molecule has 1 aromatic heterocycles. The summed E-state index contributed by atoms with van der Waals surface area (Å²) in [5.41, 5.74) is 0.762. The molecule has 0 radical (unpaired) electrons. The summed E-state index contributed by atoms with van der Waals surface area (Å²) in [6.45, 7) is 4.00. The second-order valence-corrected chi connectivity index (χ2v) is 5.18. The molecule has 98 valence electrons. The van der Waals surface area contributed by atoms with Crippen LogP contribution in [0.5, 0.6) is 0 Å². The van der Waals surface area contributed by atoms with Crippen molar-refractivity contribution in [3.63, 3.8) is 0 Å². The molecule has 1 heterocycles. The number of hydrogen-bond acceptors (Lipinski definition) is 4. The van der Waals surface area contributed by atoms with Gasteiger partial charge in [-0.25, -0.2) is 4.98 Å². The first-order chi connectivity index (χ1) is 8.58. The molecular weight excluding hydrogens is 230 g/mol. The summed E-state index contributed by atoms with van der Waals surface area (Å²) in [6, 6.07) is 1.99. The highest BCUT2D eigenvalue weighted by atomic mass is 16.6. The van der Waals surface area contributed by atoms with E-state index >= 15 is 0 Å². The van der Waals surface area contributed by atoms with E-state index in [2.05, 4.69) is 17.2 Å². The Kier molecular flexibility index (Phi) is 3.79. The summed E-state index contributed by atoms with van der Waals surface area (Å²) < 4.78 is 0. The number of anilines is 1. The molecule has 5 heteroatoms. The number of pyridine rings is 1. The van der Waals surface area contributed by atoms with E-state index in [9.17, 15) is 10.1 Å². The van der Waals surface area contributed by atoms with Crippen LogP contribution in [0.4, 0.5) is 11.5 Å². The zero-order valence-corrected chi connectivity index (χ0v) is 10.8. The number of aromatic nitrogens is 1. The summed E-state index contributed by atoms with van der Waals surface area (Å²) in [7, 11) is 0. The predicted octanol–water partition coefficient (Wildman–Crippen LogP) is 3.29. The van der Waals surface area contributed by atoms with Gasteiger partial charge in [0, 0.05) is 17.8 Å². The van der Waals surface area contributed by atoms with Crippen LogP contribution in [0.25, 0.3) is 0 Å². The molecule has 0 saturated heterocycles. The monoisotopic (exact) mass is 249 g/mol. The third kappa shape index (κ3) is 2.78. The normalized spacial score (nSPS) is 23.7.